The fraction of sp³-hybridized carbons (Fsp3) is 0.412. The van der Waals surface area contributed by atoms with Crippen LogP contribution < -0.4 is 19.1 Å². The number of hydrogen-bond acceptors (Lipinski definition) is 7. The van der Waals surface area contributed by atoms with E-state index in [-0.39, 0.29) is 23.4 Å². The van der Waals surface area contributed by atoms with E-state index in [4.69, 9.17) is 9.47 Å². The Morgan fingerprint density at radius 3 is 2.13 bits per heavy atom. The van der Waals surface area contributed by atoms with Gasteiger partial charge < -0.3 is 19.7 Å². The number of ether oxygens (including phenoxy) is 2. The molecule has 1 aliphatic rings. The molecule has 4 rings (SSSR count). The number of anilines is 1. The maximum atomic E-state index is 14.2. The smallest absolute Gasteiger partial charge is 0.264 e. The van der Waals surface area contributed by atoms with Gasteiger partial charge >= 0.3 is 0 Å². The fourth-order valence-corrected chi connectivity index (χ4v) is 7.18. The molecule has 3 aromatic rings. The van der Waals surface area contributed by atoms with Crippen LogP contribution in [0.1, 0.15) is 51.5 Å². The van der Waals surface area contributed by atoms with Crippen molar-refractivity contribution in [2.45, 2.75) is 74.4 Å². The molecule has 45 heavy (non-hydrogen) atoms. The van der Waals surface area contributed by atoms with Gasteiger partial charge in [0.2, 0.25) is 11.8 Å². The molecule has 9 nitrogen and oxygen atoms in total. The third-order valence-electron chi connectivity index (χ3n) is 7.99. The number of carbonyl (C=O) groups excluding carboxylic acids is 2. The van der Waals surface area contributed by atoms with Gasteiger partial charge in [-0.1, -0.05) is 31.4 Å². The van der Waals surface area contributed by atoms with E-state index < -0.39 is 28.5 Å². The number of methoxy groups -OCH3 is 1. The highest BCUT2D eigenvalue weighted by molar-refractivity contribution is 7.98. The summed E-state index contributed by atoms with van der Waals surface area (Å²) < 4.78 is 40.2. The molecular formula is C34H43N3O6S2. The lowest BCUT2D eigenvalue weighted by Crippen LogP contribution is -2.53. The number of sulfonamides is 1. The predicted octanol–water partition coefficient (Wildman–Crippen LogP) is 5.88. The first-order valence-electron chi connectivity index (χ1n) is 15.3. The normalized spacial score (nSPS) is 14.3. The molecule has 242 valence electrons. The first kappa shape index (κ1) is 34.2. The van der Waals surface area contributed by atoms with Gasteiger partial charge in [0.1, 0.15) is 24.1 Å². The maximum absolute atomic E-state index is 14.2. The number of hydrogen-bond donors (Lipinski definition) is 1. The zero-order chi connectivity index (χ0) is 32.4. The molecule has 0 spiro atoms. The molecule has 2 amide bonds. The van der Waals surface area contributed by atoms with E-state index in [1.807, 2.05) is 25.3 Å². The van der Waals surface area contributed by atoms with Gasteiger partial charge in [-0.25, -0.2) is 8.42 Å². The van der Waals surface area contributed by atoms with Crippen molar-refractivity contribution in [3.05, 3.63) is 78.4 Å². The van der Waals surface area contributed by atoms with E-state index in [2.05, 4.69) is 5.32 Å². The Bertz CT molecular complexity index is 1510. The van der Waals surface area contributed by atoms with Crippen molar-refractivity contribution >= 4 is 39.3 Å². The lowest BCUT2D eigenvalue weighted by Gasteiger charge is -2.33. The summed E-state index contributed by atoms with van der Waals surface area (Å²) in [6.07, 6.45) is 6.99. The molecule has 0 bridgehead atoms. The molecule has 11 heteroatoms. The van der Waals surface area contributed by atoms with Crippen LogP contribution in [0.15, 0.2) is 82.6 Å². The molecule has 1 saturated carbocycles. The van der Waals surface area contributed by atoms with Crippen LogP contribution in [-0.4, -0.2) is 63.7 Å². The number of nitrogens with one attached hydrogen (secondary N) is 1. The molecular weight excluding hydrogens is 611 g/mol. The maximum Gasteiger partial charge on any atom is 0.264 e. The average Bonchev–Trinajstić information content (AvgIpc) is 3.07. The quantitative estimate of drug-likeness (QED) is 0.217. The lowest BCUT2D eigenvalue weighted by molar-refractivity contribution is -0.139. The number of nitrogens with zero attached hydrogens (tertiary/aromatic N) is 2. The van der Waals surface area contributed by atoms with E-state index >= 15 is 0 Å². The zero-order valence-corrected chi connectivity index (χ0v) is 28.0. The molecule has 0 heterocycles. The summed E-state index contributed by atoms with van der Waals surface area (Å²) in [5.74, 6) is 0.491. The molecule has 0 radical (unpaired) electrons. The van der Waals surface area contributed by atoms with Gasteiger partial charge in [-0.15, -0.1) is 11.8 Å². The first-order valence-corrected chi connectivity index (χ1v) is 17.9. The highest BCUT2D eigenvalue weighted by Crippen LogP contribution is 2.28. The second-order valence-corrected chi connectivity index (χ2v) is 13.7. The summed E-state index contributed by atoms with van der Waals surface area (Å²) in [6.45, 7) is 3.63. The zero-order valence-electron chi connectivity index (χ0n) is 26.4. The van der Waals surface area contributed by atoms with Crippen molar-refractivity contribution in [2.75, 3.05) is 30.8 Å². The Morgan fingerprint density at radius 1 is 0.933 bits per heavy atom. The highest BCUT2D eigenvalue weighted by atomic mass is 32.2. The summed E-state index contributed by atoms with van der Waals surface area (Å²) in [5, 5.41) is 3.13. The van der Waals surface area contributed by atoms with Crippen LogP contribution in [0, 0.1) is 0 Å². The van der Waals surface area contributed by atoms with E-state index in [1.165, 1.54) is 16.7 Å². The largest absolute Gasteiger partial charge is 0.497 e. The van der Waals surface area contributed by atoms with Crippen molar-refractivity contribution in [3.63, 3.8) is 0 Å². The number of rotatable bonds is 14. The predicted molar refractivity (Wildman–Crippen MR) is 178 cm³/mol. The van der Waals surface area contributed by atoms with Crippen LogP contribution in [0.3, 0.4) is 0 Å². The Morgan fingerprint density at radius 2 is 1.56 bits per heavy atom. The van der Waals surface area contributed by atoms with Gasteiger partial charge in [-0.05, 0) is 99.2 Å². The van der Waals surface area contributed by atoms with Crippen LogP contribution in [0.5, 0.6) is 11.5 Å². The minimum atomic E-state index is -4.16. The second-order valence-electron chi connectivity index (χ2n) is 11.0. The number of carbonyl (C=O) groups is 2. The SMILES string of the molecule is CCOc1ccc(N(CC(=O)N(Cc2ccc(OC)cc2)[C@@H](C)C(=O)NC2CCCCC2)S(=O)(=O)c2ccc(SC)cc2)cc1. The van der Waals surface area contributed by atoms with Gasteiger partial charge in [0, 0.05) is 17.5 Å². The van der Waals surface area contributed by atoms with Crippen LogP contribution in [0.4, 0.5) is 5.69 Å². The first-order chi connectivity index (χ1) is 21.7. The second kappa shape index (κ2) is 16.0. The Labute approximate surface area is 271 Å². The van der Waals surface area contributed by atoms with Gasteiger partial charge in [0.15, 0.2) is 0 Å². The lowest BCUT2D eigenvalue weighted by atomic mass is 9.95. The van der Waals surface area contributed by atoms with Crippen molar-refractivity contribution in [3.8, 4) is 11.5 Å². The number of benzene rings is 3. The fourth-order valence-electron chi connectivity index (χ4n) is 5.36. The third-order valence-corrected chi connectivity index (χ3v) is 10.5. The Kier molecular flexibility index (Phi) is 12.2. The highest BCUT2D eigenvalue weighted by Gasteiger charge is 2.33. The van der Waals surface area contributed by atoms with E-state index in [9.17, 15) is 18.0 Å². The summed E-state index contributed by atoms with van der Waals surface area (Å²) in [5.41, 5.74) is 1.09. The van der Waals surface area contributed by atoms with Crippen molar-refractivity contribution < 1.29 is 27.5 Å². The van der Waals surface area contributed by atoms with Gasteiger partial charge in [-0.2, -0.15) is 0 Å². The van der Waals surface area contributed by atoms with Gasteiger partial charge in [-0.3, -0.25) is 13.9 Å². The molecule has 1 atom stereocenters. The molecule has 1 aliphatic carbocycles. The van der Waals surface area contributed by atoms with Crippen LogP contribution >= 0.6 is 11.8 Å². The molecule has 1 N–H and O–H groups in total. The van der Waals surface area contributed by atoms with Gasteiger partial charge in [0.25, 0.3) is 10.0 Å². The minimum Gasteiger partial charge on any atom is -0.497 e. The average molecular weight is 654 g/mol. The van der Waals surface area contributed by atoms with Crippen LogP contribution in [0.2, 0.25) is 0 Å². The number of amides is 2. The summed E-state index contributed by atoms with van der Waals surface area (Å²) in [4.78, 5) is 30.2. The third kappa shape index (κ3) is 8.94. The molecule has 0 saturated heterocycles. The summed E-state index contributed by atoms with van der Waals surface area (Å²) in [7, 11) is -2.59. The van der Waals surface area contributed by atoms with E-state index in [1.54, 1.807) is 74.7 Å². The van der Waals surface area contributed by atoms with Crippen molar-refractivity contribution in [1.82, 2.24) is 10.2 Å². The van der Waals surface area contributed by atoms with Crippen LogP contribution in [0.25, 0.3) is 0 Å². The standard InChI is InChI=1S/C34H43N3O6S2/c1-5-43-30-17-13-28(14-18-30)37(45(40,41)32-21-19-31(44-4)20-22-32)24-33(38)36(23-26-11-15-29(42-3)16-12-26)25(2)34(39)35-27-9-7-6-8-10-27/h11-22,25,27H,5-10,23-24H2,1-4H3,(H,35,39)/t25-/m0/s1. The summed E-state index contributed by atoms with van der Waals surface area (Å²) in [6, 6.07) is 19.6. The van der Waals surface area contributed by atoms with E-state index in [0.29, 0.717) is 23.8 Å². The molecule has 0 aromatic heterocycles. The molecule has 1 fully saturated rings. The van der Waals surface area contributed by atoms with Crippen LogP contribution in [-0.2, 0) is 26.2 Å². The van der Waals surface area contributed by atoms with E-state index in [0.717, 1.165) is 46.9 Å². The minimum absolute atomic E-state index is 0.0618. The topological polar surface area (TPSA) is 105 Å². The van der Waals surface area contributed by atoms with Crippen molar-refractivity contribution in [1.29, 1.82) is 0 Å². The van der Waals surface area contributed by atoms with Crippen molar-refractivity contribution in [2.24, 2.45) is 0 Å². The van der Waals surface area contributed by atoms with Gasteiger partial charge in [0.05, 0.1) is 24.3 Å². The molecule has 0 unspecified atom stereocenters. The summed E-state index contributed by atoms with van der Waals surface area (Å²) >= 11 is 1.51. The monoisotopic (exact) mass is 653 g/mol. The molecule has 0 aliphatic heterocycles. The molecule has 3 aromatic carbocycles. The Hall–Kier alpha value is -3.70. The Balaban J connectivity index is 1.68. The number of thioether (sulfide) groups is 1.